The van der Waals surface area contributed by atoms with Crippen LogP contribution in [0.25, 0.3) is 0 Å². The molecule has 8 heteroatoms. The molecule has 0 aliphatic carbocycles. The Morgan fingerprint density at radius 1 is 1.20 bits per heavy atom. The molecular weight excluding hydrogens is 295 g/mol. The number of rotatable bonds is 2. The minimum Gasteiger partial charge on any atom is -0.306 e. The first-order chi connectivity index (χ1) is 9.36. The number of hydrogen-bond donors (Lipinski definition) is 1. The molecular formula is C12H7ClF3N3O. The maximum atomic E-state index is 12.5. The zero-order chi connectivity index (χ0) is 14.8. The Labute approximate surface area is 116 Å². The van der Waals surface area contributed by atoms with Gasteiger partial charge in [-0.05, 0) is 18.2 Å². The third-order valence-corrected chi connectivity index (χ3v) is 2.53. The van der Waals surface area contributed by atoms with Crippen molar-refractivity contribution in [1.82, 2.24) is 9.97 Å². The number of benzene rings is 1. The second-order valence-electron chi connectivity index (χ2n) is 3.76. The van der Waals surface area contributed by atoms with Crippen molar-refractivity contribution in [2.75, 3.05) is 5.32 Å². The summed E-state index contributed by atoms with van der Waals surface area (Å²) in [5, 5.41) is 2.45. The fourth-order valence-electron chi connectivity index (χ4n) is 1.43. The molecule has 1 N–H and O–H groups in total. The van der Waals surface area contributed by atoms with Crippen molar-refractivity contribution in [2.24, 2.45) is 0 Å². The van der Waals surface area contributed by atoms with Crippen LogP contribution < -0.4 is 5.32 Å². The lowest BCUT2D eigenvalue weighted by Gasteiger charge is -2.08. The van der Waals surface area contributed by atoms with E-state index in [4.69, 9.17) is 11.6 Å². The molecule has 0 radical (unpaired) electrons. The van der Waals surface area contributed by atoms with Gasteiger partial charge >= 0.3 is 6.18 Å². The van der Waals surface area contributed by atoms with Crippen molar-refractivity contribution in [3.8, 4) is 0 Å². The molecule has 0 spiro atoms. The Morgan fingerprint density at radius 3 is 2.60 bits per heavy atom. The Hall–Kier alpha value is -2.15. The van der Waals surface area contributed by atoms with E-state index < -0.39 is 17.6 Å². The second-order valence-corrected chi connectivity index (χ2v) is 4.15. The molecule has 0 saturated heterocycles. The molecule has 0 bridgehead atoms. The van der Waals surface area contributed by atoms with Gasteiger partial charge in [-0.15, -0.1) is 0 Å². The summed E-state index contributed by atoms with van der Waals surface area (Å²) in [4.78, 5) is 19.2. The predicted molar refractivity (Wildman–Crippen MR) is 66.4 cm³/mol. The highest BCUT2D eigenvalue weighted by atomic mass is 35.5. The molecule has 0 atom stereocenters. The van der Waals surface area contributed by atoms with E-state index in [2.05, 4.69) is 15.3 Å². The highest BCUT2D eigenvalue weighted by Gasteiger charge is 2.30. The Morgan fingerprint density at radius 2 is 1.95 bits per heavy atom. The Kier molecular flexibility index (Phi) is 3.89. The summed E-state index contributed by atoms with van der Waals surface area (Å²) in [6.45, 7) is 0. The summed E-state index contributed by atoms with van der Waals surface area (Å²) in [7, 11) is 0. The summed E-state index contributed by atoms with van der Waals surface area (Å²) < 4.78 is 37.6. The van der Waals surface area contributed by atoms with E-state index in [9.17, 15) is 18.0 Å². The molecule has 0 fully saturated rings. The maximum Gasteiger partial charge on any atom is 0.416 e. The van der Waals surface area contributed by atoms with E-state index in [-0.39, 0.29) is 16.5 Å². The monoisotopic (exact) mass is 301 g/mol. The number of halogens is 4. The van der Waals surface area contributed by atoms with Crippen LogP contribution in [0.1, 0.15) is 15.9 Å². The normalized spacial score (nSPS) is 11.2. The van der Waals surface area contributed by atoms with Gasteiger partial charge in [0.15, 0.2) is 0 Å². The van der Waals surface area contributed by atoms with Gasteiger partial charge in [-0.1, -0.05) is 17.7 Å². The molecule has 2 rings (SSSR count). The standard InChI is InChI=1S/C12H7ClF3N3O/c13-9-5-10(18-6-17-9)19-11(20)7-2-1-3-8(4-7)12(14,15)16/h1-6H,(H,17,18,19,20). The van der Waals surface area contributed by atoms with Crippen LogP contribution in [0.3, 0.4) is 0 Å². The third-order valence-electron chi connectivity index (χ3n) is 2.33. The van der Waals surface area contributed by atoms with Crippen molar-refractivity contribution in [1.29, 1.82) is 0 Å². The van der Waals surface area contributed by atoms with Crippen molar-refractivity contribution in [2.45, 2.75) is 6.18 Å². The highest BCUT2D eigenvalue weighted by Crippen LogP contribution is 2.29. The molecule has 0 aliphatic heterocycles. The van der Waals surface area contributed by atoms with Gasteiger partial charge in [0.05, 0.1) is 5.56 Å². The first-order valence-electron chi connectivity index (χ1n) is 5.32. The van der Waals surface area contributed by atoms with Gasteiger partial charge in [0.25, 0.3) is 5.91 Å². The second kappa shape index (κ2) is 5.46. The summed E-state index contributed by atoms with van der Waals surface area (Å²) in [6, 6.07) is 5.36. The van der Waals surface area contributed by atoms with Crippen LogP contribution in [0.2, 0.25) is 5.15 Å². The van der Waals surface area contributed by atoms with Gasteiger partial charge in [0.2, 0.25) is 0 Å². The quantitative estimate of drug-likeness (QED) is 0.865. The van der Waals surface area contributed by atoms with Crippen LogP contribution in [0.4, 0.5) is 19.0 Å². The average Bonchev–Trinajstić information content (AvgIpc) is 2.38. The minimum atomic E-state index is -4.51. The Balaban J connectivity index is 2.22. The summed E-state index contributed by atoms with van der Waals surface area (Å²) in [6.07, 6.45) is -3.38. The van der Waals surface area contributed by atoms with Crippen LogP contribution in [0, 0.1) is 0 Å². The SMILES string of the molecule is O=C(Nc1cc(Cl)ncn1)c1cccc(C(F)(F)F)c1. The molecule has 1 heterocycles. The van der Waals surface area contributed by atoms with E-state index >= 15 is 0 Å². The molecule has 1 amide bonds. The zero-order valence-corrected chi connectivity index (χ0v) is 10.5. The summed E-state index contributed by atoms with van der Waals surface area (Å²) in [5.74, 6) is -0.613. The largest absolute Gasteiger partial charge is 0.416 e. The fraction of sp³-hybridized carbons (Fsp3) is 0.0833. The van der Waals surface area contributed by atoms with Gasteiger partial charge in [0, 0.05) is 11.6 Å². The number of aromatic nitrogens is 2. The number of anilines is 1. The van der Waals surface area contributed by atoms with E-state index in [1.165, 1.54) is 12.1 Å². The number of hydrogen-bond acceptors (Lipinski definition) is 3. The molecule has 104 valence electrons. The number of nitrogens with zero attached hydrogens (tertiary/aromatic N) is 2. The van der Waals surface area contributed by atoms with Gasteiger partial charge in [-0.3, -0.25) is 4.79 Å². The van der Waals surface area contributed by atoms with Crippen molar-refractivity contribution < 1.29 is 18.0 Å². The topological polar surface area (TPSA) is 54.9 Å². The van der Waals surface area contributed by atoms with Crippen LogP contribution >= 0.6 is 11.6 Å². The van der Waals surface area contributed by atoms with Crippen molar-refractivity contribution in [3.63, 3.8) is 0 Å². The lowest BCUT2D eigenvalue weighted by molar-refractivity contribution is -0.137. The number of nitrogens with one attached hydrogen (secondary N) is 1. The fourth-order valence-corrected chi connectivity index (χ4v) is 1.57. The molecule has 1 aromatic carbocycles. The first kappa shape index (κ1) is 14.3. The average molecular weight is 302 g/mol. The van der Waals surface area contributed by atoms with Crippen LogP contribution in [-0.4, -0.2) is 15.9 Å². The van der Waals surface area contributed by atoms with Crippen LogP contribution in [0.15, 0.2) is 36.7 Å². The van der Waals surface area contributed by atoms with Gasteiger partial charge in [-0.25, -0.2) is 9.97 Å². The van der Waals surface area contributed by atoms with E-state index in [0.717, 1.165) is 24.5 Å². The van der Waals surface area contributed by atoms with E-state index in [1.54, 1.807) is 0 Å². The summed E-state index contributed by atoms with van der Waals surface area (Å²) in [5.41, 5.74) is -1.03. The molecule has 1 aromatic heterocycles. The molecule has 4 nitrogen and oxygen atoms in total. The highest BCUT2D eigenvalue weighted by molar-refractivity contribution is 6.29. The molecule has 20 heavy (non-hydrogen) atoms. The predicted octanol–water partition coefficient (Wildman–Crippen LogP) is 3.40. The lowest BCUT2D eigenvalue weighted by Crippen LogP contribution is -2.14. The maximum absolute atomic E-state index is 12.5. The van der Waals surface area contributed by atoms with Crippen molar-refractivity contribution in [3.05, 3.63) is 52.9 Å². The number of amides is 1. The van der Waals surface area contributed by atoms with Gasteiger partial charge in [0.1, 0.15) is 17.3 Å². The van der Waals surface area contributed by atoms with E-state index in [1.807, 2.05) is 0 Å². The number of carbonyl (C=O) groups excluding carboxylic acids is 1. The molecule has 2 aromatic rings. The van der Waals surface area contributed by atoms with Crippen molar-refractivity contribution >= 4 is 23.3 Å². The molecule has 0 saturated carbocycles. The third kappa shape index (κ3) is 3.45. The van der Waals surface area contributed by atoms with E-state index in [0.29, 0.717) is 0 Å². The Bertz CT molecular complexity index is 646. The smallest absolute Gasteiger partial charge is 0.306 e. The van der Waals surface area contributed by atoms with Gasteiger partial charge < -0.3 is 5.32 Å². The molecule has 0 aliphatic rings. The summed E-state index contributed by atoms with van der Waals surface area (Å²) >= 11 is 5.61. The van der Waals surface area contributed by atoms with Crippen LogP contribution in [0.5, 0.6) is 0 Å². The van der Waals surface area contributed by atoms with Crippen LogP contribution in [-0.2, 0) is 6.18 Å². The number of carbonyl (C=O) groups is 1. The number of alkyl halides is 3. The van der Waals surface area contributed by atoms with Gasteiger partial charge in [-0.2, -0.15) is 13.2 Å². The lowest BCUT2D eigenvalue weighted by atomic mass is 10.1. The minimum absolute atomic E-state index is 0.104. The molecule has 0 unspecified atom stereocenters. The first-order valence-corrected chi connectivity index (χ1v) is 5.70. The zero-order valence-electron chi connectivity index (χ0n) is 9.78.